The van der Waals surface area contributed by atoms with Gasteiger partial charge < -0.3 is 25.0 Å². The molecule has 0 unspecified atom stereocenters. The van der Waals surface area contributed by atoms with Gasteiger partial charge in [0.2, 0.25) is 0 Å². The number of carboxylic acid groups (broad SMARTS) is 1. The minimum atomic E-state index is -1.02. The smallest absolute Gasteiger partial charge is 0.341 e. The molecule has 118 valence electrons. The lowest BCUT2D eigenvalue weighted by Crippen LogP contribution is -2.17. The van der Waals surface area contributed by atoms with E-state index in [2.05, 4.69) is 5.32 Å². The number of hydrogen-bond donors (Lipinski definition) is 3. The van der Waals surface area contributed by atoms with Gasteiger partial charge in [-0.25, -0.2) is 4.79 Å². The molecular weight excluding hydrogens is 274 g/mol. The first-order chi connectivity index (χ1) is 10.2. The monoisotopic (exact) mass is 297 g/mol. The number of aliphatic hydroxyl groups is 1. The molecular formula is C15H23NO5. The van der Waals surface area contributed by atoms with Crippen LogP contribution in [-0.4, -0.2) is 42.5 Å². The minimum absolute atomic E-state index is 0.189. The van der Waals surface area contributed by atoms with Crippen molar-refractivity contribution in [3.63, 3.8) is 0 Å². The molecule has 1 rings (SSSR count). The Balaban J connectivity index is 2.70. The van der Waals surface area contributed by atoms with Crippen molar-refractivity contribution in [1.29, 1.82) is 0 Å². The SMILES string of the molecule is CCOc1cccc(CNCCCCO)c1OCC(=O)O. The third kappa shape index (κ3) is 6.46. The Morgan fingerprint density at radius 1 is 1.29 bits per heavy atom. The van der Waals surface area contributed by atoms with E-state index in [4.69, 9.17) is 19.7 Å². The lowest BCUT2D eigenvalue weighted by Gasteiger charge is -2.15. The molecule has 0 bridgehead atoms. The van der Waals surface area contributed by atoms with Gasteiger partial charge in [-0.05, 0) is 32.4 Å². The number of nitrogens with one attached hydrogen (secondary N) is 1. The van der Waals surface area contributed by atoms with Crippen LogP contribution in [0.5, 0.6) is 11.5 Å². The highest BCUT2D eigenvalue weighted by atomic mass is 16.5. The third-order valence-corrected chi connectivity index (χ3v) is 2.78. The van der Waals surface area contributed by atoms with Crippen molar-refractivity contribution in [2.24, 2.45) is 0 Å². The molecule has 0 saturated heterocycles. The fraction of sp³-hybridized carbons (Fsp3) is 0.533. The molecule has 0 heterocycles. The Bertz CT molecular complexity index is 436. The lowest BCUT2D eigenvalue weighted by molar-refractivity contribution is -0.139. The van der Waals surface area contributed by atoms with Crippen LogP contribution in [0.2, 0.25) is 0 Å². The maximum Gasteiger partial charge on any atom is 0.341 e. The Morgan fingerprint density at radius 2 is 2.10 bits per heavy atom. The topological polar surface area (TPSA) is 88.0 Å². The highest BCUT2D eigenvalue weighted by Crippen LogP contribution is 2.31. The zero-order valence-corrected chi connectivity index (χ0v) is 12.3. The van der Waals surface area contributed by atoms with Gasteiger partial charge in [-0.15, -0.1) is 0 Å². The fourth-order valence-corrected chi connectivity index (χ4v) is 1.85. The van der Waals surface area contributed by atoms with Gasteiger partial charge in [0.1, 0.15) is 0 Å². The van der Waals surface area contributed by atoms with Crippen LogP contribution in [0.25, 0.3) is 0 Å². The van der Waals surface area contributed by atoms with Gasteiger partial charge in [0.05, 0.1) is 6.61 Å². The van der Waals surface area contributed by atoms with Gasteiger partial charge >= 0.3 is 5.97 Å². The van der Waals surface area contributed by atoms with E-state index in [1.165, 1.54) is 0 Å². The van der Waals surface area contributed by atoms with Gasteiger partial charge in [0.15, 0.2) is 18.1 Å². The van der Waals surface area contributed by atoms with Crippen LogP contribution in [0.15, 0.2) is 18.2 Å². The molecule has 0 saturated carbocycles. The molecule has 1 aromatic rings. The van der Waals surface area contributed by atoms with E-state index >= 15 is 0 Å². The molecule has 0 spiro atoms. The summed E-state index contributed by atoms with van der Waals surface area (Å²) in [5.41, 5.74) is 0.853. The van der Waals surface area contributed by atoms with E-state index in [0.29, 0.717) is 24.7 Å². The molecule has 3 N–H and O–H groups in total. The molecule has 1 aromatic carbocycles. The summed E-state index contributed by atoms with van der Waals surface area (Å²) in [6.07, 6.45) is 1.64. The Hall–Kier alpha value is -1.79. The fourth-order valence-electron chi connectivity index (χ4n) is 1.85. The summed E-state index contributed by atoms with van der Waals surface area (Å²) in [5, 5.41) is 20.7. The summed E-state index contributed by atoms with van der Waals surface area (Å²) in [6, 6.07) is 5.48. The van der Waals surface area contributed by atoms with E-state index in [1.807, 2.05) is 19.1 Å². The molecule has 0 atom stereocenters. The second kappa shape index (κ2) is 10.0. The number of rotatable bonds is 11. The molecule has 0 radical (unpaired) electrons. The van der Waals surface area contributed by atoms with Crippen molar-refractivity contribution in [1.82, 2.24) is 5.32 Å². The van der Waals surface area contributed by atoms with Crippen molar-refractivity contribution >= 4 is 5.97 Å². The van der Waals surface area contributed by atoms with Crippen LogP contribution in [0, 0.1) is 0 Å². The average molecular weight is 297 g/mol. The minimum Gasteiger partial charge on any atom is -0.490 e. The molecule has 6 nitrogen and oxygen atoms in total. The number of carbonyl (C=O) groups is 1. The Morgan fingerprint density at radius 3 is 2.76 bits per heavy atom. The Kier molecular flexibility index (Phi) is 8.23. The second-order valence-electron chi connectivity index (χ2n) is 4.47. The predicted octanol–water partition coefficient (Wildman–Crippen LogP) is 1.41. The van der Waals surface area contributed by atoms with Crippen LogP contribution >= 0.6 is 0 Å². The molecule has 0 fully saturated rings. The maximum atomic E-state index is 10.7. The van der Waals surface area contributed by atoms with Gasteiger partial charge in [-0.1, -0.05) is 12.1 Å². The normalized spacial score (nSPS) is 10.4. The second-order valence-corrected chi connectivity index (χ2v) is 4.47. The quantitative estimate of drug-likeness (QED) is 0.535. The van der Waals surface area contributed by atoms with Crippen LogP contribution in [0.1, 0.15) is 25.3 Å². The van der Waals surface area contributed by atoms with E-state index in [0.717, 1.165) is 24.9 Å². The molecule has 0 aliphatic rings. The first kappa shape index (κ1) is 17.3. The van der Waals surface area contributed by atoms with E-state index in [-0.39, 0.29) is 6.61 Å². The predicted molar refractivity (Wildman–Crippen MR) is 78.8 cm³/mol. The summed E-state index contributed by atoms with van der Waals surface area (Å²) in [6.45, 7) is 3.47. The van der Waals surface area contributed by atoms with Crippen molar-refractivity contribution in [2.45, 2.75) is 26.3 Å². The number of hydrogen-bond acceptors (Lipinski definition) is 5. The average Bonchev–Trinajstić information content (AvgIpc) is 2.46. The summed E-state index contributed by atoms with van der Waals surface area (Å²) in [4.78, 5) is 10.7. The van der Waals surface area contributed by atoms with Crippen molar-refractivity contribution < 1.29 is 24.5 Å². The van der Waals surface area contributed by atoms with Crippen LogP contribution in [-0.2, 0) is 11.3 Å². The number of unbranched alkanes of at least 4 members (excludes halogenated alkanes) is 1. The summed E-state index contributed by atoms with van der Waals surface area (Å²) in [5.74, 6) is -0.00651. The zero-order valence-electron chi connectivity index (χ0n) is 12.3. The van der Waals surface area contributed by atoms with Crippen LogP contribution in [0.4, 0.5) is 0 Å². The maximum absolute atomic E-state index is 10.7. The van der Waals surface area contributed by atoms with Gasteiger partial charge in [0, 0.05) is 18.7 Å². The zero-order chi connectivity index (χ0) is 15.5. The number of benzene rings is 1. The number of aliphatic hydroxyl groups excluding tert-OH is 1. The Labute approximate surface area is 124 Å². The summed E-state index contributed by atoms with van der Waals surface area (Å²) in [7, 11) is 0. The van der Waals surface area contributed by atoms with Gasteiger partial charge in [-0.2, -0.15) is 0 Å². The summed E-state index contributed by atoms with van der Waals surface area (Å²) >= 11 is 0. The number of carboxylic acids is 1. The number of ether oxygens (including phenoxy) is 2. The standard InChI is InChI=1S/C15H23NO5/c1-2-20-13-7-5-6-12(10-16-8-3-4-9-17)15(13)21-11-14(18)19/h5-7,16-17H,2-4,8-11H2,1H3,(H,18,19). The first-order valence-electron chi connectivity index (χ1n) is 7.09. The van der Waals surface area contributed by atoms with Crippen molar-refractivity contribution in [2.75, 3.05) is 26.4 Å². The van der Waals surface area contributed by atoms with E-state index in [9.17, 15) is 4.79 Å². The molecule has 0 aliphatic heterocycles. The molecule has 0 aliphatic carbocycles. The van der Waals surface area contributed by atoms with Crippen molar-refractivity contribution in [3.05, 3.63) is 23.8 Å². The number of para-hydroxylation sites is 1. The number of aliphatic carboxylic acids is 1. The van der Waals surface area contributed by atoms with Gasteiger partial charge in [0.25, 0.3) is 0 Å². The summed E-state index contributed by atoms with van der Waals surface area (Å²) < 4.78 is 10.8. The molecule has 21 heavy (non-hydrogen) atoms. The molecule has 0 amide bonds. The van der Waals surface area contributed by atoms with E-state index < -0.39 is 12.6 Å². The first-order valence-corrected chi connectivity index (χ1v) is 7.09. The van der Waals surface area contributed by atoms with Crippen LogP contribution < -0.4 is 14.8 Å². The molecule has 6 heteroatoms. The van der Waals surface area contributed by atoms with Crippen LogP contribution in [0.3, 0.4) is 0 Å². The van der Waals surface area contributed by atoms with E-state index in [1.54, 1.807) is 6.07 Å². The van der Waals surface area contributed by atoms with Gasteiger partial charge in [-0.3, -0.25) is 0 Å². The molecule has 0 aromatic heterocycles. The third-order valence-electron chi connectivity index (χ3n) is 2.78. The highest BCUT2D eigenvalue weighted by molar-refractivity contribution is 5.68. The largest absolute Gasteiger partial charge is 0.490 e. The van der Waals surface area contributed by atoms with Crippen molar-refractivity contribution in [3.8, 4) is 11.5 Å². The highest BCUT2D eigenvalue weighted by Gasteiger charge is 2.12. The lowest BCUT2D eigenvalue weighted by atomic mass is 10.1.